The van der Waals surface area contributed by atoms with Gasteiger partial charge in [0.05, 0.1) is 5.70 Å². The van der Waals surface area contributed by atoms with Crippen LogP contribution in [0.2, 0.25) is 0 Å². The second kappa shape index (κ2) is 3.40. The first-order chi connectivity index (χ1) is 3.31. The zero-order valence-electron chi connectivity index (χ0n) is 4.55. The first-order valence-electron chi connectivity index (χ1n) is 2.11. The Morgan fingerprint density at radius 3 is 2.43 bits per heavy atom. The van der Waals surface area contributed by atoms with Crippen molar-refractivity contribution in [2.45, 2.75) is 13.8 Å². The third-order valence-corrected chi connectivity index (χ3v) is 0.520. The van der Waals surface area contributed by atoms with Crippen LogP contribution in [0.3, 0.4) is 0 Å². The summed E-state index contributed by atoms with van der Waals surface area (Å²) in [5, 5.41) is 8.19. The van der Waals surface area contributed by atoms with E-state index in [2.05, 4.69) is 4.99 Å². The molecule has 0 rings (SSSR count). The van der Waals surface area contributed by atoms with Crippen LogP contribution in [0.25, 0.3) is 0 Å². The Bertz CT molecular complexity index is 94.3. The Hall–Kier alpha value is -0.790. The molecule has 1 N–H and O–H groups in total. The first-order valence-corrected chi connectivity index (χ1v) is 2.11. The minimum absolute atomic E-state index is 0.627. The minimum atomic E-state index is 0.627. The molecular weight excluding hydrogens is 90.1 g/mol. The molecule has 0 heterocycles. The lowest BCUT2D eigenvalue weighted by atomic mass is 10.6. The van der Waals surface area contributed by atoms with Gasteiger partial charge in [0.15, 0.2) is 0 Å². The molecule has 0 atom stereocenters. The maximum Gasteiger partial charge on any atom is 0.100 e. The van der Waals surface area contributed by atoms with Crippen LogP contribution < -0.4 is 0 Å². The predicted octanol–water partition coefficient (Wildman–Crippen LogP) is 1.50. The maximum absolute atomic E-state index is 8.19. The molecule has 0 radical (unpaired) electrons. The van der Waals surface area contributed by atoms with Crippen LogP contribution in [0.5, 0.6) is 0 Å². The number of nitrogens with zero attached hydrogens (tertiary/aromatic N) is 1. The largest absolute Gasteiger partial charge is 0.514 e. The van der Waals surface area contributed by atoms with E-state index in [-0.39, 0.29) is 0 Å². The SMILES string of the molecule is C/C=N\C(C)=C/O. The van der Waals surface area contributed by atoms with Crippen molar-refractivity contribution in [1.29, 1.82) is 0 Å². The van der Waals surface area contributed by atoms with Gasteiger partial charge in [-0.15, -0.1) is 0 Å². The van der Waals surface area contributed by atoms with Crippen molar-refractivity contribution >= 4 is 6.21 Å². The Balaban J connectivity index is 3.58. The van der Waals surface area contributed by atoms with Crippen LogP contribution in [-0.2, 0) is 0 Å². The summed E-state index contributed by atoms with van der Waals surface area (Å²) < 4.78 is 0. The second-order valence-electron chi connectivity index (χ2n) is 1.16. The van der Waals surface area contributed by atoms with Gasteiger partial charge in [-0.3, -0.25) is 4.99 Å². The van der Waals surface area contributed by atoms with Crippen LogP contribution in [-0.4, -0.2) is 11.3 Å². The highest BCUT2D eigenvalue weighted by Gasteiger charge is 1.72. The molecule has 7 heavy (non-hydrogen) atoms. The molecule has 40 valence electrons. The van der Waals surface area contributed by atoms with Crippen molar-refractivity contribution in [2.75, 3.05) is 0 Å². The van der Waals surface area contributed by atoms with E-state index >= 15 is 0 Å². The zero-order chi connectivity index (χ0) is 5.70. The minimum Gasteiger partial charge on any atom is -0.514 e. The smallest absolute Gasteiger partial charge is 0.100 e. The molecule has 0 aromatic carbocycles. The lowest BCUT2D eigenvalue weighted by molar-refractivity contribution is 0.466. The van der Waals surface area contributed by atoms with Gasteiger partial charge < -0.3 is 5.11 Å². The molecule has 0 aromatic rings. The van der Waals surface area contributed by atoms with Gasteiger partial charge >= 0.3 is 0 Å². The molecule has 2 heteroatoms. The summed E-state index contributed by atoms with van der Waals surface area (Å²) >= 11 is 0. The Morgan fingerprint density at radius 2 is 2.29 bits per heavy atom. The Morgan fingerprint density at radius 1 is 1.71 bits per heavy atom. The molecule has 0 aliphatic rings. The molecule has 0 unspecified atom stereocenters. The highest BCUT2D eigenvalue weighted by molar-refractivity contribution is 5.54. The van der Waals surface area contributed by atoms with Gasteiger partial charge in [0, 0.05) is 6.21 Å². The number of hydrogen-bond acceptors (Lipinski definition) is 2. The van der Waals surface area contributed by atoms with Gasteiger partial charge in [-0.2, -0.15) is 0 Å². The monoisotopic (exact) mass is 99.1 g/mol. The van der Waals surface area contributed by atoms with Gasteiger partial charge in [0.25, 0.3) is 0 Å². The van der Waals surface area contributed by atoms with Gasteiger partial charge in [0.2, 0.25) is 0 Å². The highest BCUT2D eigenvalue weighted by Crippen LogP contribution is 1.87. The average molecular weight is 99.1 g/mol. The van der Waals surface area contributed by atoms with Crippen LogP contribution in [0.4, 0.5) is 0 Å². The highest BCUT2D eigenvalue weighted by atomic mass is 16.2. The zero-order valence-corrected chi connectivity index (χ0v) is 4.55. The number of rotatable bonds is 1. The molecule has 0 bridgehead atoms. The van der Waals surface area contributed by atoms with E-state index in [4.69, 9.17) is 5.11 Å². The molecule has 2 nitrogen and oxygen atoms in total. The van der Waals surface area contributed by atoms with Crippen molar-refractivity contribution in [2.24, 2.45) is 4.99 Å². The summed E-state index contributed by atoms with van der Waals surface area (Å²) in [6, 6.07) is 0. The number of aliphatic hydroxyl groups excluding tert-OH is 1. The molecule has 0 aliphatic carbocycles. The summed E-state index contributed by atoms with van der Waals surface area (Å²) in [4.78, 5) is 3.73. The van der Waals surface area contributed by atoms with E-state index in [1.165, 1.54) is 0 Å². The third kappa shape index (κ3) is 3.03. The summed E-state index contributed by atoms with van der Waals surface area (Å²) in [6.45, 7) is 3.52. The van der Waals surface area contributed by atoms with E-state index < -0.39 is 0 Å². The predicted molar refractivity (Wildman–Crippen MR) is 30.6 cm³/mol. The lowest BCUT2D eigenvalue weighted by Crippen LogP contribution is -1.66. The molecule has 0 aliphatic heterocycles. The normalized spacial score (nSPS) is 13.1. The first kappa shape index (κ1) is 6.21. The Labute approximate surface area is 43.2 Å². The lowest BCUT2D eigenvalue weighted by Gasteiger charge is -1.81. The number of aliphatic hydroxyl groups is 1. The van der Waals surface area contributed by atoms with Gasteiger partial charge in [-0.05, 0) is 13.8 Å². The van der Waals surface area contributed by atoms with E-state index in [0.29, 0.717) is 5.70 Å². The van der Waals surface area contributed by atoms with E-state index in [9.17, 15) is 0 Å². The quantitative estimate of drug-likeness (QED) is 0.392. The van der Waals surface area contributed by atoms with Crippen molar-refractivity contribution in [3.8, 4) is 0 Å². The van der Waals surface area contributed by atoms with E-state index in [0.717, 1.165) is 6.26 Å². The number of aliphatic imine (C=N–C) groups is 1. The van der Waals surface area contributed by atoms with Crippen LogP contribution in [0, 0.1) is 0 Å². The Kier molecular flexibility index (Phi) is 3.02. The standard InChI is InChI=1S/C5H9NO/c1-3-6-5(2)4-7/h3-4,7H,1-2H3/b5-4-,6-3-. The summed E-state index contributed by atoms with van der Waals surface area (Å²) in [5.74, 6) is 0. The number of allylic oxidation sites excluding steroid dienone is 1. The van der Waals surface area contributed by atoms with Crippen LogP contribution in [0.1, 0.15) is 13.8 Å². The van der Waals surface area contributed by atoms with Gasteiger partial charge in [0.1, 0.15) is 6.26 Å². The molecule has 0 aromatic heterocycles. The molecular formula is C5H9NO. The van der Waals surface area contributed by atoms with E-state index in [1.54, 1.807) is 20.1 Å². The number of hydrogen-bond donors (Lipinski definition) is 1. The van der Waals surface area contributed by atoms with Gasteiger partial charge in [-0.1, -0.05) is 0 Å². The molecule has 0 saturated carbocycles. The molecule has 0 saturated heterocycles. The van der Waals surface area contributed by atoms with Crippen molar-refractivity contribution < 1.29 is 5.11 Å². The van der Waals surface area contributed by atoms with Crippen LogP contribution >= 0.6 is 0 Å². The summed E-state index contributed by atoms with van der Waals surface area (Å²) in [7, 11) is 0. The van der Waals surface area contributed by atoms with Crippen molar-refractivity contribution in [3.05, 3.63) is 12.0 Å². The van der Waals surface area contributed by atoms with Crippen molar-refractivity contribution in [1.82, 2.24) is 0 Å². The topological polar surface area (TPSA) is 32.6 Å². The fraction of sp³-hybridized carbons (Fsp3) is 0.400. The fourth-order valence-corrected chi connectivity index (χ4v) is 0.237. The van der Waals surface area contributed by atoms with Gasteiger partial charge in [-0.25, -0.2) is 0 Å². The van der Waals surface area contributed by atoms with Crippen LogP contribution in [0.15, 0.2) is 17.0 Å². The van der Waals surface area contributed by atoms with E-state index in [1.807, 2.05) is 0 Å². The second-order valence-corrected chi connectivity index (χ2v) is 1.16. The molecule has 0 fully saturated rings. The summed E-state index contributed by atoms with van der Waals surface area (Å²) in [6.07, 6.45) is 2.60. The summed E-state index contributed by atoms with van der Waals surface area (Å²) in [5.41, 5.74) is 0.627. The molecule has 0 spiro atoms. The van der Waals surface area contributed by atoms with Crippen molar-refractivity contribution in [3.63, 3.8) is 0 Å². The fourth-order valence-electron chi connectivity index (χ4n) is 0.237. The molecule has 0 amide bonds. The maximum atomic E-state index is 8.19. The third-order valence-electron chi connectivity index (χ3n) is 0.520. The average Bonchev–Trinajstić information content (AvgIpc) is 1.68.